The first-order valence-electron chi connectivity index (χ1n) is 5.04. The molecule has 86 valence electrons. The van der Waals surface area contributed by atoms with Crippen molar-refractivity contribution in [3.8, 4) is 5.75 Å². The predicted octanol–water partition coefficient (Wildman–Crippen LogP) is 1.80. The molecule has 0 amide bonds. The standard InChI is InChI=1S/C11H15N3OS/c1-12-10(9-5-4-6-16-9)11-8(15-3)7-13-14(11)2/h4-7,10,12H,1-3H3. The van der Waals surface area contributed by atoms with E-state index in [0.717, 1.165) is 11.4 Å². The largest absolute Gasteiger partial charge is 0.493 e. The number of nitrogens with zero attached hydrogens (tertiary/aromatic N) is 2. The lowest BCUT2D eigenvalue weighted by molar-refractivity contribution is 0.403. The maximum atomic E-state index is 5.33. The molecule has 0 radical (unpaired) electrons. The summed E-state index contributed by atoms with van der Waals surface area (Å²) in [6.45, 7) is 0. The Kier molecular flexibility index (Phi) is 3.26. The number of ether oxygens (including phenoxy) is 1. The van der Waals surface area contributed by atoms with E-state index in [4.69, 9.17) is 4.74 Å². The molecule has 2 rings (SSSR count). The molecule has 0 aliphatic heterocycles. The number of aryl methyl sites for hydroxylation is 1. The van der Waals surface area contributed by atoms with Gasteiger partial charge in [0, 0.05) is 11.9 Å². The van der Waals surface area contributed by atoms with Crippen LogP contribution in [0.1, 0.15) is 16.6 Å². The number of thiophene rings is 1. The number of hydrogen-bond donors (Lipinski definition) is 1. The van der Waals surface area contributed by atoms with E-state index in [0.29, 0.717) is 0 Å². The van der Waals surface area contributed by atoms with Crippen LogP contribution in [0.2, 0.25) is 0 Å². The van der Waals surface area contributed by atoms with E-state index in [2.05, 4.69) is 21.9 Å². The highest BCUT2D eigenvalue weighted by Gasteiger charge is 2.21. The van der Waals surface area contributed by atoms with Crippen molar-refractivity contribution in [1.29, 1.82) is 0 Å². The van der Waals surface area contributed by atoms with Gasteiger partial charge in [-0.2, -0.15) is 5.10 Å². The van der Waals surface area contributed by atoms with Crippen molar-refractivity contribution in [2.75, 3.05) is 14.2 Å². The summed E-state index contributed by atoms with van der Waals surface area (Å²) in [5, 5.41) is 9.59. The molecule has 0 bridgehead atoms. The Morgan fingerprint density at radius 3 is 2.94 bits per heavy atom. The molecule has 5 heteroatoms. The Morgan fingerprint density at radius 1 is 1.56 bits per heavy atom. The molecular formula is C11H15N3OS. The van der Waals surface area contributed by atoms with Gasteiger partial charge in [-0.1, -0.05) is 6.07 Å². The first-order valence-corrected chi connectivity index (χ1v) is 5.92. The summed E-state index contributed by atoms with van der Waals surface area (Å²) in [5.74, 6) is 0.815. The average molecular weight is 237 g/mol. The average Bonchev–Trinajstić information content (AvgIpc) is 2.91. The van der Waals surface area contributed by atoms with Crippen LogP contribution in [0.25, 0.3) is 0 Å². The van der Waals surface area contributed by atoms with Gasteiger partial charge < -0.3 is 10.1 Å². The highest BCUT2D eigenvalue weighted by atomic mass is 32.1. The van der Waals surface area contributed by atoms with E-state index in [1.54, 1.807) is 24.6 Å². The van der Waals surface area contributed by atoms with Crippen LogP contribution in [0.4, 0.5) is 0 Å². The van der Waals surface area contributed by atoms with Crippen LogP contribution >= 0.6 is 11.3 Å². The molecule has 2 heterocycles. The second-order valence-corrected chi connectivity index (χ2v) is 4.44. The Morgan fingerprint density at radius 2 is 2.38 bits per heavy atom. The van der Waals surface area contributed by atoms with Crippen molar-refractivity contribution in [3.05, 3.63) is 34.3 Å². The predicted molar refractivity (Wildman–Crippen MR) is 65.0 cm³/mol. The van der Waals surface area contributed by atoms with Gasteiger partial charge in [0.2, 0.25) is 0 Å². The first kappa shape index (κ1) is 11.2. The highest BCUT2D eigenvalue weighted by molar-refractivity contribution is 7.10. The molecule has 0 aliphatic rings. The fraction of sp³-hybridized carbons (Fsp3) is 0.364. The van der Waals surface area contributed by atoms with Crippen molar-refractivity contribution < 1.29 is 4.74 Å². The second kappa shape index (κ2) is 4.67. The highest BCUT2D eigenvalue weighted by Crippen LogP contribution is 2.31. The molecule has 1 atom stereocenters. The quantitative estimate of drug-likeness (QED) is 0.881. The summed E-state index contributed by atoms with van der Waals surface area (Å²) >= 11 is 1.72. The monoisotopic (exact) mass is 237 g/mol. The minimum Gasteiger partial charge on any atom is -0.493 e. The van der Waals surface area contributed by atoms with E-state index < -0.39 is 0 Å². The molecule has 0 aromatic carbocycles. The van der Waals surface area contributed by atoms with Gasteiger partial charge in [-0.25, -0.2) is 0 Å². The van der Waals surface area contributed by atoms with Gasteiger partial charge in [0.05, 0.1) is 19.3 Å². The normalized spacial score (nSPS) is 12.7. The summed E-state index contributed by atoms with van der Waals surface area (Å²) < 4.78 is 7.18. The van der Waals surface area contributed by atoms with Crippen molar-refractivity contribution in [3.63, 3.8) is 0 Å². The Bertz CT molecular complexity index is 450. The molecule has 4 nitrogen and oxygen atoms in total. The van der Waals surface area contributed by atoms with Crippen molar-refractivity contribution in [1.82, 2.24) is 15.1 Å². The van der Waals surface area contributed by atoms with Gasteiger partial charge in [-0.15, -0.1) is 11.3 Å². The molecule has 0 fully saturated rings. The fourth-order valence-electron chi connectivity index (χ4n) is 1.78. The zero-order valence-electron chi connectivity index (χ0n) is 9.60. The molecular weight excluding hydrogens is 222 g/mol. The summed E-state index contributed by atoms with van der Waals surface area (Å²) in [6.07, 6.45) is 1.74. The van der Waals surface area contributed by atoms with Gasteiger partial charge in [-0.05, 0) is 18.5 Å². The van der Waals surface area contributed by atoms with Crippen LogP contribution in [-0.2, 0) is 7.05 Å². The van der Waals surface area contributed by atoms with E-state index in [-0.39, 0.29) is 6.04 Å². The van der Waals surface area contributed by atoms with Gasteiger partial charge in [0.25, 0.3) is 0 Å². The number of methoxy groups -OCH3 is 1. The van der Waals surface area contributed by atoms with Crippen LogP contribution in [0, 0.1) is 0 Å². The molecule has 2 aromatic heterocycles. The van der Waals surface area contributed by atoms with Gasteiger partial charge in [0.1, 0.15) is 5.69 Å². The molecule has 16 heavy (non-hydrogen) atoms. The first-order chi connectivity index (χ1) is 7.77. The van der Waals surface area contributed by atoms with Crippen LogP contribution in [0.15, 0.2) is 23.7 Å². The Labute approximate surface area is 98.9 Å². The summed E-state index contributed by atoms with van der Waals surface area (Å²) in [7, 11) is 5.54. The van der Waals surface area contributed by atoms with Crippen molar-refractivity contribution >= 4 is 11.3 Å². The van der Waals surface area contributed by atoms with E-state index in [1.807, 2.05) is 24.8 Å². The lowest BCUT2D eigenvalue weighted by atomic mass is 10.1. The number of nitrogens with one attached hydrogen (secondary N) is 1. The SMILES string of the molecule is CNC(c1cccs1)c1c(OC)cnn1C. The molecule has 0 spiro atoms. The van der Waals surface area contributed by atoms with Gasteiger partial charge in [0.15, 0.2) is 5.75 Å². The van der Waals surface area contributed by atoms with Crippen LogP contribution in [0.5, 0.6) is 5.75 Å². The van der Waals surface area contributed by atoms with Crippen LogP contribution in [-0.4, -0.2) is 23.9 Å². The third-order valence-corrected chi connectivity index (χ3v) is 3.50. The lowest BCUT2D eigenvalue weighted by Gasteiger charge is -2.16. The van der Waals surface area contributed by atoms with E-state index >= 15 is 0 Å². The smallest absolute Gasteiger partial charge is 0.161 e. The van der Waals surface area contributed by atoms with E-state index in [1.165, 1.54) is 4.88 Å². The second-order valence-electron chi connectivity index (χ2n) is 3.46. The molecule has 0 aliphatic carbocycles. The van der Waals surface area contributed by atoms with Gasteiger partial charge >= 0.3 is 0 Å². The third kappa shape index (κ3) is 1.83. The van der Waals surface area contributed by atoms with E-state index in [9.17, 15) is 0 Å². The summed E-state index contributed by atoms with van der Waals surface area (Å²) in [4.78, 5) is 1.25. The molecule has 0 saturated carbocycles. The Hall–Kier alpha value is -1.33. The minimum absolute atomic E-state index is 0.127. The topological polar surface area (TPSA) is 39.1 Å². The third-order valence-electron chi connectivity index (χ3n) is 2.56. The lowest BCUT2D eigenvalue weighted by Crippen LogP contribution is -2.20. The van der Waals surface area contributed by atoms with Gasteiger partial charge in [-0.3, -0.25) is 4.68 Å². The van der Waals surface area contributed by atoms with Crippen molar-refractivity contribution in [2.45, 2.75) is 6.04 Å². The van der Waals surface area contributed by atoms with Crippen molar-refractivity contribution in [2.24, 2.45) is 7.05 Å². The maximum Gasteiger partial charge on any atom is 0.161 e. The maximum absolute atomic E-state index is 5.33. The zero-order chi connectivity index (χ0) is 11.5. The molecule has 1 unspecified atom stereocenters. The molecule has 1 N–H and O–H groups in total. The molecule has 2 aromatic rings. The summed E-state index contributed by atoms with van der Waals surface area (Å²) in [5.41, 5.74) is 1.05. The summed E-state index contributed by atoms with van der Waals surface area (Å²) in [6, 6.07) is 4.29. The number of hydrogen-bond acceptors (Lipinski definition) is 4. The minimum atomic E-state index is 0.127. The zero-order valence-corrected chi connectivity index (χ0v) is 10.4. The van der Waals surface area contributed by atoms with Crippen LogP contribution in [0.3, 0.4) is 0 Å². The fourth-order valence-corrected chi connectivity index (χ4v) is 2.62. The number of aromatic nitrogens is 2. The number of rotatable bonds is 4. The van der Waals surface area contributed by atoms with Crippen LogP contribution < -0.4 is 10.1 Å². The Balaban J connectivity index is 2.44. The molecule has 0 saturated heterocycles.